The molecule has 2 N–H and O–H groups in total. The maximum atomic E-state index is 11.9. The molecular weight excluding hydrogens is 362 g/mol. The first-order valence-electron chi connectivity index (χ1n) is 8.51. The van der Waals surface area contributed by atoms with E-state index >= 15 is 0 Å². The van der Waals surface area contributed by atoms with E-state index in [-0.39, 0.29) is 12.5 Å². The molecule has 138 valence electrons. The SMILES string of the molecule is Cc1nn(Cc2ccccc2)c(Cl)c1/C=N\NC(=O)CNc1ccccc1. The summed E-state index contributed by atoms with van der Waals surface area (Å²) in [6.45, 7) is 2.55. The minimum absolute atomic E-state index is 0.126. The van der Waals surface area contributed by atoms with Gasteiger partial charge in [-0.3, -0.25) is 4.79 Å². The van der Waals surface area contributed by atoms with E-state index < -0.39 is 0 Å². The number of amides is 1. The highest BCUT2D eigenvalue weighted by molar-refractivity contribution is 6.32. The maximum absolute atomic E-state index is 11.9. The molecule has 1 aromatic heterocycles. The molecular formula is C20H20ClN5O. The number of halogens is 1. The summed E-state index contributed by atoms with van der Waals surface area (Å²) in [5.74, 6) is -0.249. The molecule has 0 unspecified atom stereocenters. The van der Waals surface area contributed by atoms with Crippen molar-refractivity contribution < 1.29 is 4.79 Å². The van der Waals surface area contributed by atoms with E-state index in [9.17, 15) is 4.79 Å². The fraction of sp³-hybridized carbons (Fsp3) is 0.150. The number of rotatable bonds is 7. The van der Waals surface area contributed by atoms with Gasteiger partial charge in [-0.15, -0.1) is 0 Å². The average Bonchev–Trinajstić information content (AvgIpc) is 2.95. The van der Waals surface area contributed by atoms with Crippen LogP contribution in [-0.4, -0.2) is 28.4 Å². The van der Waals surface area contributed by atoms with Crippen LogP contribution in [0, 0.1) is 6.92 Å². The van der Waals surface area contributed by atoms with Gasteiger partial charge in [0.2, 0.25) is 0 Å². The number of anilines is 1. The summed E-state index contributed by atoms with van der Waals surface area (Å²) < 4.78 is 1.71. The summed E-state index contributed by atoms with van der Waals surface area (Å²) in [5, 5.41) is 11.9. The van der Waals surface area contributed by atoms with Crippen molar-refractivity contribution in [2.24, 2.45) is 5.10 Å². The summed E-state index contributed by atoms with van der Waals surface area (Å²) in [4.78, 5) is 11.9. The molecule has 0 atom stereocenters. The van der Waals surface area contributed by atoms with Crippen LogP contribution in [0.4, 0.5) is 5.69 Å². The first-order valence-corrected chi connectivity index (χ1v) is 8.89. The molecule has 27 heavy (non-hydrogen) atoms. The lowest BCUT2D eigenvalue weighted by Gasteiger charge is -2.04. The third-order valence-corrected chi connectivity index (χ3v) is 4.29. The van der Waals surface area contributed by atoms with Gasteiger partial charge in [-0.05, 0) is 24.6 Å². The van der Waals surface area contributed by atoms with E-state index in [4.69, 9.17) is 11.6 Å². The Balaban J connectivity index is 1.57. The predicted molar refractivity (Wildman–Crippen MR) is 108 cm³/mol. The highest BCUT2D eigenvalue weighted by atomic mass is 35.5. The van der Waals surface area contributed by atoms with Crippen LogP contribution < -0.4 is 10.7 Å². The van der Waals surface area contributed by atoms with Crippen molar-refractivity contribution in [1.82, 2.24) is 15.2 Å². The van der Waals surface area contributed by atoms with Crippen molar-refractivity contribution in [3.63, 3.8) is 0 Å². The largest absolute Gasteiger partial charge is 0.376 e. The van der Waals surface area contributed by atoms with Crippen LogP contribution in [0.25, 0.3) is 0 Å². The van der Waals surface area contributed by atoms with Crippen molar-refractivity contribution >= 4 is 29.4 Å². The first-order chi connectivity index (χ1) is 13.1. The average molecular weight is 382 g/mol. The Morgan fingerprint density at radius 1 is 1.15 bits per heavy atom. The molecule has 3 rings (SSSR count). The van der Waals surface area contributed by atoms with Crippen molar-refractivity contribution in [2.75, 3.05) is 11.9 Å². The van der Waals surface area contributed by atoms with Gasteiger partial charge in [0.25, 0.3) is 5.91 Å². The van der Waals surface area contributed by atoms with E-state index in [1.54, 1.807) is 4.68 Å². The Bertz CT molecular complexity index is 922. The first kappa shape index (κ1) is 18.7. The number of nitrogens with zero attached hydrogens (tertiary/aromatic N) is 3. The van der Waals surface area contributed by atoms with Crippen molar-refractivity contribution in [2.45, 2.75) is 13.5 Å². The molecule has 3 aromatic rings. The van der Waals surface area contributed by atoms with Gasteiger partial charge in [-0.2, -0.15) is 10.2 Å². The molecule has 6 nitrogen and oxygen atoms in total. The number of hydrazone groups is 1. The van der Waals surface area contributed by atoms with Gasteiger partial charge in [-0.25, -0.2) is 10.1 Å². The number of carbonyl (C=O) groups excluding carboxylic acids is 1. The fourth-order valence-corrected chi connectivity index (χ4v) is 2.80. The Morgan fingerprint density at radius 2 is 1.81 bits per heavy atom. The molecule has 2 aromatic carbocycles. The lowest BCUT2D eigenvalue weighted by Crippen LogP contribution is -2.25. The van der Waals surface area contributed by atoms with Gasteiger partial charge >= 0.3 is 0 Å². The zero-order valence-electron chi connectivity index (χ0n) is 14.9. The third kappa shape index (κ3) is 5.18. The Labute approximate surface area is 162 Å². The van der Waals surface area contributed by atoms with Crippen molar-refractivity contribution in [3.05, 3.63) is 82.6 Å². The van der Waals surface area contributed by atoms with E-state index in [1.807, 2.05) is 67.6 Å². The molecule has 0 radical (unpaired) electrons. The van der Waals surface area contributed by atoms with E-state index in [2.05, 4.69) is 20.9 Å². The lowest BCUT2D eigenvalue weighted by molar-refractivity contribution is -0.119. The zero-order valence-corrected chi connectivity index (χ0v) is 15.6. The second-order valence-corrected chi connectivity index (χ2v) is 6.30. The fourth-order valence-electron chi connectivity index (χ4n) is 2.52. The van der Waals surface area contributed by atoms with Crippen LogP contribution in [0.3, 0.4) is 0 Å². The molecule has 0 saturated carbocycles. The quantitative estimate of drug-likeness (QED) is 0.486. The lowest BCUT2D eigenvalue weighted by atomic mass is 10.2. The van der Waals surface area contributed by atoms with Gasteiger partial charge in [0.1, 0.15) is 5.15 Å². The Morgan fingerprint density at radius 3 is 2.52 bits per heavy atom. The molecule has 0 aliphatic rings. The number of aromatic nitrogens is 2. The number of carbonyl (C=O) groups is 1. The van der Waals surface area contributed by atoms with Gasteiger partial charge in [0.05, 0.1) is 30.6 Å². The number of para-hydroxylation sites is 1. The molecule has 1 amide bonds. The van der Waals surface area contributed by atoms with E-state index in [0.29, 0.717) is 17.3 Å². The number of benzene rings is 2. The summed E-state index contributed by atoms with van der Waals surface area (Å²) in [6.07, 6.45) is 1.52. The topological polar surface area (TPSA) is 71.3 Å². The molecule has 0 aliphatic carbocycles. The summed E-state index contributed by atoms with van der Waals surface area (Å²) in [5.41, 5.74) is 5.89. The van der Waals surface area contributed by atoms with Gasteiger partial charge in [0.15, 0.2) is 0 Å². The second-order valence-electron chi connectivity index (χ2n) is 5.95. The molecule has 0 aliphatic heterocycles. The highest BCUT2D eigenvalue weighted by Gasteiger charge is 2.12. The molecule has 0 saturated heterocycles. The van der Waals surface area contributed by atoms with Crippen LogP contribution in [0.15, 0.2) is 65.8 Å². The molecule has 1 heterocycles. The maximum Gasteiger partial charge on any atom is 0.259 e. The molecule has 7 heteroatoms. The van der Waals surface area contributed by atoms with E-state index in [0.717, 1.165) is 16.9 Å². The monoisotopic (exact) mass is 381 g/mol. The third-order valence-electron chi connectivity index (χ3n) is 3.89. The van der Waals surface area contributed by atoms with Crippen molar-refractivity contribution in [1.29, 1.82) is 0 Å². The molecule has 0 bridgehead atoms. The molecule has 0 spiro atoms. The minimum atomic E-state index is -0.249. The van der Waals surface area contributed by atoms with E-state index in [1.165, 1.54) is 6.21 Å². The van der Waals surface area contributed by atoms with Crippen LogP contribution in [0.2, 0.25) is 5.15 Å². The summed E-state index contributed by atoms with van der Waals surface area (Å²) in [7, 11) is 0. The smallest absolute Gasteiger partial charge is 0.259 e. The van der Waals surface area contributed by atoms with Crippen LogP contribution >= 0.6 is 11.6 Å². The number of aryl methyl sites for hydroxylation is 1. The molecule has 0 fully saturated rings. The standard InChI is InChI=1S/C20H20ClN5O/c1-15-18(20(21)26(25-15)14-16-8-4-2-5-9-16)12-23-24-19(27)13-22-17-10-6-3-7-11-17/h2-12,22H,13-14H2,1H3,(H,24,27)/b23-12-. The number of hydrogen-bond acceptors (Lipinski definition) is 4. The summed E-state index contributed by atoms with van der Waals surface area (Å²) in [6, 6.07) is 19.4. The van der Waals surface area contributed by atoms with Crippen LogP contribution in [0.1, 0.15) is 16.8 Å². The predicted octanol–water partition coefficient (Wildman–Crippen LogP) is 3.46. The zero-order chi connectivity index (χ0) is 19.1. The number of hydrogen-bond donors (Lipinski definition) is 2. The Hall–Kier alpha value is -3.12. The second kappa shape index (κ2) is 9.00. The minimum Gasteiger partial charge on any atom is -0.376 e. The van der Waals surface area contributed by atoms with Crippen LogP contribution in [0.5, 0.6) is 0 Å². The van der Waals surface area contributed by atoms with Crippen LogP contribution in [-0.2, 0) is 11.3 Å². The highest BCUT2D eigenvalue weighted by Crippen LogP contribution is 2.19. The van der Waals surface area contributed by atoms with Gasteiger partial charge < -0.3 is 5.32 Å². The normalized spacial score (nSPS) is 10.9. The van der Waals surface area contributed by atoms with Gasteiger partial charge in [-0.1, -0.05) is 60.1 Å². The number of nitrogens with one attached hydrogen (secondary N) is 2. The summed E-state index contributed by atoms with van der Waals surface area (Å²) >= 11 is 6.42. The van der Waals surface area contributed by atoms with Gasteiger partial charge in [0, 0.05) is 5.69 Å². The Kier molecular flexibility index (Phi) is 6.22. The van der Waals surface area contributed by atoms with Crippen molar-refractivity contribution in [3.8, 4) is 0 Å².